The molecule has 1 aliphatic heterocycles. The van der Waals surface area contributed by atoms with Crippen LogP contribution in [0.5, 0.6) is 5.75 Å². The lowest BCUT2D eigenvalue weighted by Crippen LogP contribution is -2.48. The maximum Gasteiger partial charge on any atom is 0.257 e. The predicted molar refractivity (Wildman–Crippen MR) is 137 cm³/mol. The van der Waals surface area contributed by atoms with E-state index in [9.17, 15) is 14.0 Å². The summed E-state index contributed by atoms with van der Waals surface area (Å²) in [5, 5.41) is 2.65. The Bertz CT molecular complexity index is 1180. The minimum atomic E-state index is -0.589. The van der Waals surface area contributed by atoms with Crippen molar-refractivity contribution in [2.75, 3.05) is 26.2 Å². The molecule has 5 nitrogen and oxygen atoms in total. The predicted octanol–water partition coefficient (Wildman–Crippen LogP) is 5.84. The second-order valence-electron chi connectivity index (χ2n) is 8.98. The van der Waals surface area contributed by atoms with Gasteiger partial charge in [0.2, 0.25) is 5.91 Å². The molecule has 0 radical (unpaired) electrons. The number of rotatable bonds is 8. The van der Waals surface area contributed by atoms with Crippen molar-refractivity contribution in [1.29, 1.82) is 0 Å². The zero-order valence-corrected chi connectivity index (χ0v) is 21.3. The van der Waals surface area contributed by atoms with Crippen molar-refractivity contribution in [1.82, 2.24) is 9.80 Å². The van der Waals surface area contributed by atoms with Gasteiger partial charge in [0.15, 0.2) is 0 Å². The van der Waals surface area contributed by atoms with Crippen LogP contribution in [0.2, 0.25) is 5.02 Å². The number of carbonyl (C=O) groups excluding carboxylic acids is 2. The first-order chi connectivity index (χ1) is 16.8. The number of benzene rings is 2. The van der Waals surface area contributed by atoms with Crippen LogP contribution in [0, 0.1) is 11.7 Å². The van der Waals surface area contributed by atoms with Gasteiger partial charge in [0.05, 0.1) is 11.6 Å². The number of thiophene rings is 1. The molecule has 2 heterocycles. The quantitative estimate of drug-likeness (QED) is 0.379. The van der Waals surface area contributed by atoms with Gasteiger partial charge in [0.1, 0.15) is 24.7 Å². The Labute approximate surface area is 214 Å². The Balaban J connectivity index is 1.54. The highest BCUT2D eigenvalue weighted by molar-refractivity contribution is 7.10. The van der Waals surface area contributed by atoms with Gasteiger partial charge in [-0.25, -0.2) is 4.39 Å². The fraction of sp³-hybridized carbons (Fsp3) is 0.333. The van der Waals surface area contributed by atoms with Crippen molar-refractivity contribution >= 4 is 34.8 Å². The van der Waals surface area contributed by atoms with Gasteiger partial charge in [-0.05, 0) is 65.7 Å². The van der Waals surface area contributed by atoms with E-state index in [0.717, 1.165) is 12.0 Å². The molecule has 0 saturated heterocycles. The third-order valence-electron chi connectivity index (χ3n) is 5.94. The highest BCUT2D eigenvalue weighted by Gasteiger charge is 2.34. The number of amides is 2. The average molecular weight is 515 g/mol. The molecule has 0 aliphatic carbocycles. The summed E-state index contributed by atoms with van der Waals surface area (Å²) in [5.74, 6) is -0.467. The third-order valence-corrected chi connectivity index (χ3v) is 7.19. The SMILES string of the molecule is CC(C)CN(CC(=O)N1CCc2sccc2[C@H]1COc1ccc(Cl)cc1)C(=O)c1ccccc1F. The molecule has 1 aromatic heterocycles. The van der Waals surface area contributed by atoms with E-state index in [0.29, 0.717) is 23.9 Å². The Morgan fingerprint density at radius 3 is 2.63 bits per heavy atom. The minimum absolute atomic E-state index is 0.0256. The number of hydrogen-bond acceptors (Lipinski definition) is 4. The first-order valence-electron chi connectivity index (χ1n) is 11.6. The van der Waals surface area contributed by atoms with Gasteiger partial charge >= 0.3 is 0 Å². The van der Waals surface area contributed by atoms with Crippen molar-refractivity contribution in [2.24, 2.45) is 5.92 Å². The molecule has 0 spiro atoms. The van der Waals surface area contributed by atoms with E-state index in [-0.39, 0.29) is 36.6 Å². The molecule has 0 bridgehead atoms. The van der Waals surface area contributed by atoms with E-state index in [2.05, 4.69) is 0 Å². The zero-order chi connectivity index (χ0) is 24.9. The second kappa shape index (κ2) is 11.2. The number of fused-ring (bicyclic) bond motifs is 1. The number of ether oxygens (including phenoxy) is 1. The highest BCUT2D eigenvalue weighted by atomic mass is 35.5. The molecule has 4 rings (SSSR count). The summed E-state index contributed by atoms with van der Waals surface area (Å²) >= 11 is 7.65. The second-order valence-corrected chi connectivity index (χ2v) is 10.4. The van der Waals surface area contributed by atoms with E-state index in [1.54, 1.807) is 52.6 Å². The topological polar surface area (TPSA) is 49.9 Å². The van der Waals surface area contributed by atoms with Crippen LogP contribution in [0.1, 0.15) is 40.7 Å². The molecular weight excluding hydrogens is 487 g/mol. The number of nitrogens with zero attached hydrogens (tertiary/aromatic N) is 2. The molecule has 2 amide bonds. The largest absolute Gasteiger partial charge is 0.491 e. The lowest BCUT2D eigenvalue weighted by atomic mass is 10.00. The Hall–Kier alpha value is -2.90. The summed E-state index contributed by atoms with van der Waals surface area (Å²) in [6, 6.07) is 14.7. The van der Waals surface area contributed by atoms with E-state index in [4.69, 9.17) is 16.3 Å². The first-order valence-corrected chi connectivity index (χ1v) is 12.9. The third kappa shape index (κ3) is 6.03. The average Bonchev–Trinajstić information content (AvgIpc) is 3.32. The van der Waals surface area contributed by atoms with E-state index >= 15 is 0 Å². The molecule has 35 heavy (non-hydrogen) atoms. The van der Waals surface area contributed by atoms with Crippen LogP contribution in [0.4, 0.5) is 4.39 Å². The van der Waals surface area contributed by atoms with Crippen molar-refractivity contribution in [3.63, 3.8) is 0 Å². The monoisotopic (exact) mass is 514 g/mol. The number of hydrogen-bond donors (Lipinski definition) is 0. The molecule has 0 unspecified atom stereocenters. The summed E-state index contributed by atoms with van der Waals surface area (Å²) in [5.41, 5.74) is 1.04. The van der Waals surface area contributed by atoms with Gasteiger partial charge < -0.3 is 14.5 Å². The molecule has 8 heteroatoms. The molecular formula is C27H28ClFN2O3S. The smallest absolute Gasteiger partial charge is 0.257 e. The maximum absolute atomic E-state index is 14.3. The van der Waals surface area contributed by atoms with Crippen LogP contribution in [0.15, 0.2) is 60.0 Å². The van der Waals surface area contributed by atoms with Crippen LogP contribution < -0.4 is 4.74 Å². The lowest BCUT2D eigenvalue weighted by Gasteiger charge is -2.37. The van der Waals surface area contributed by atoms with Crippen LogP contribution in [-0.2, 0) is 11.2 Å². The highest BCUT2D eigenvalue weighted by Crippen LogP contribution is 2.34. The summed E-state index contributed by atoms with van der Waals surface area (Å²) < 4.78 is 20.4. The fourth-order valence-electron chi connectivity index (χ4n) is 4.30. The molecule has 184 valence electrons. The molecule has 0 fully saturated rings. The van der Waals surface area contributed by atoms with Gasteiger partial charge in [0.25, 0.3) is 5.91 Å². The number of halogens is 2. The van der Waals surface area contributed by atoms with E-state index in [1.165, 1.54) is 21.9 Å². The molecule has 1 aliphatic rings. The van der Waals surface area contributed by atoms with Gasteiger partial charge in [-0.1, -0.05) is 37.6 Å². The van der Waals surface area contributed by atoms with Crippen molar-refractivity contribution < 1.29 is 18.7 Å². The van der Waals surface area contributed by atoms with Crippen molar-refractivity contribution in [3.05, 3.63) is 86.8 Å². The Morgan fingerprint density at radius 1 is 1.17 bits per heavy atom. The summed E-state index contributed by atoms with van der Waals surface area (Å²) in [4.78, 5) is 31.2. The fourth-order valence-corrected chi connectivity index (χ4v) is 5.35. The van der Waals surface area contributed by atoms with E-state index in [1.807, 2.05) is 25.3 Å². The van der Waals surface area contributed by atoms with Crippen molar-refractivity contribution in [3.8, 4) is 5.75 Å². The molecule has 1 atom stereocenters. The van der Waals surface area contributed by atoms with Gasteiger partial charge in [-0.15, -0.1) is 11.3 Å². The van der Waals surface area contributed by atoms with Crippen LogP contribution in [0.3, 0.4) is 0 Å². The van der Waals surface area contributed by atoms with Crippen LogP contribution in [-0.4, -0.2) is 47.9 Å². The van der Waals surface area contributed by atoms with Gasteiger partial charge in [-0.2, -0.15) is 0 Å². The van der Waals surface area contributed by atoms with Gasteiger partial charge in [0, 0.05) is 23.0 Å². The Kier molecular flexibility index (Phi) is 8.08. The van der Waals surface area contributed by atoms with Gasteiger partial charge in [-0.3, -0.25) is 9.59 Å². The summed E-state index contributed by atoms with van der Waals surface area (Å²) in [6.45, 7) is 4.97. The van der Waals surface area contributed by atoms with Crippen LogP contribution >= 0.6 is 22.9 Å². The Morgan fingerprint density at radius 2 is 1.91 bits per heavy atom. The normalized spacial score (nSPS) is 15.1. The zero-order valence-electron chi connectivity index (χ0n) is 19.7. The molecule has 2 aromatic carbocycles. The lowest BCUT2D eigenvalue weighted by molar-refractivity contribution is -0.135. The van der Waals surface area contributed by atoms with Crippen LogP contribution in [0.25, 0.3) is 0 Å². The summed E-state index contributed by atoms with van der Waals surface area (Å²) in [6.07, 6.45) is 0.752. The molecule has 3 aromatic rings. The minimum Gasteiger partial charge on any atom is -0.491 e. The first kappa shape index (κ1) is 25.2. The summed E-state index contributed by atoms with van der Waals surface area (Å²) in [7, 11) is 0. The number of carbonyl (C=O) groups is 2. The molecule has 0 saturated carbocycles. The standard InChI is InChI=1S/C27H28ClFN2O3S/c1-18(2)15-30(27(33)21-5-3-4-6-23(21)29)16-26(32)31-13-11-25-22(12-14-35-25)24(31)17-34-20-9-7-19(28)8-10-20/h3-10,12,14,18,24H,11,13,15-17H2,1-2H3/t24-/m1/s1. The van der Waals surface area contributed by atoms with E-state index < -0.39 is 11.7 Å². The maximum atomic E-state index is 14.3. The van der Waals surface area contributed by atoms with Crippen molar-refractivity contribution in [2.45, 2.75) is 26.3 Å². The molecule has 0 N–H and O–H groups in total.